The van der Waals surface area contributed by atoms with Crippen molar-refractivity contribution in [2.24, 2.45) is 0 Å². The quantitative estimate of drug-likeness (QED) is 0.664. The predicted octanol–water partition coefficient (Wildman–Crippen LogP) is 4.40. The lowest BCUT2D eigenvalue weighted by atomic mass is 10.0. The second-order valence-electron chi connectivity index (χ2n) is 6.80. The molecule has 0 atom stereocenters. The number of nitrogens with one attached hydrogen (secondary N) is 2. The van der Waals surface area contributed by atoms with E-state index in [1.54, 1.807) is 19.4 Å². The number of nitrogens with zero attached hydrogens (tertiary/aromatic N) is 1. The summed E-state index contributed by atoms with van der Waals surface area (Å²) in [6.07, 6.45) is 2.56. The molecule has 0 spiro atoms. The number of rotatable bonds is 8. The van der Waals surface area contributed by atoms with E-state index in [9.17, 15) is 9.18 Å². The van der Waals surface area contributed by atoms with E-state index < -0.39 is 0 Å². The topological polar surface area (TPSA) is 53.6 Å². The molecule has 1 amide bonds. The van der Waals surface area contributed by atoms with Gasteiger partial charge in [0.2, 0.25) is 0 Å². The van der Waals surface area contributed by atoms with Gasteiger partial charge in [-0.15, -0.1) is 0 Å². The van der Waals surface area contributed by atoms with Gasteiger partial charge in [-0.2, -0.15) is 0 Å². The third-order valence-corrected chi connectivity index (χ3v) is 4.77. The maximum atomic E-state index is 14.7. The van der Waals surface area contributed by atoms with Gasteiger partial charge in [0.1, 0.15) is 5.82 Å². The Bertz CT molecular complexity index is 895. The minimum absolute atomic E-state index is 0.164. The lowest BCUT2D eigenvalue weighted by Crippen LogP contribution is -2.28. The number of aryl methyl sites for hydroxylation is 1. The van der Waals surface area contributed by atoms with Gasteiger partial charge in [0.05, 0.1) is 17.9 Å². The molecule has 0 aliphatic carbocycles. The van der Waals surface area contributed by atoms with E-state index in [0.717, 1.165) is 29.8 Å². The summed E-state index contributed by atoms with van der Waals surface area (Å²) < 4.78 is 19.8. The summed E-state index contributed by atoms with van der Waals surface area (Å²) in [4.78, 5) is 14.3. The maximum Gasteiger partial charge on any atom is 0.257 e. The van der Waals surface area contributed by atoms with Crippen molar-refractivity contribution < 1.29 is 13.9 Å². The average molecular weight is 383 g/mol. The van der Waals surface area contributed by atoms with E-state index in [-0.39, 0.29) is 11.7 Å². The fourth-order valence-electron chi connectivity index (χ4n) is 3.40. The number of fused-ring (bicyclic) bond motifs is 1. The van der Waals surface area contributed by atoms with Crippen molar-refractivity contribution in [2.75, 3.05) is 42.3 Å². The predicted molar refractivity (Wildman–Crippen MR) is 112 cm³/mol. The maximum absolute atomic E-state index is 14.7. The number of benzene rings is 2. The molecule has 0 radical (unpaired) electrons. The van der Waals surface area contributed by atoms with Crippen LogP contribution in [0.4, 0.5) is 21.5 Å². The van der Waals surface area contributed by atoms with Crippen LogP contribution in [0.5, 0.6) is 0 Å². The van der Waals surface area contributed by atoms with Crippen LogP contribution in [0, 0.1) is 12.7 Å². The third kappa shape index (κ3) is 4.17. The van der Waals surface area contributed by atoms with E-state index in [1.165, 1.54) is 6.07 Å². The molecular weight excluding hydrogens is 357 g/mol. The van der Waals surface area contributed by atoms with Crippen LogP contribution in [-0.4, -0.2) is 32.7 Å². The number of carbonyl (C=O) groups excluding carboxylic acids is 1. The Labute approximate surface area is 165 Å². The standard InChI is InChI=1S/C22H26FN3O2/c1-4-10-26(11-12-28-3)20-9-8-16(13-18(20)23)24-14-17-21-15(2)6-5-7-19(21)25-22(17)27/h5-9,13-14,24H,4,10-12H2,1-3H3,(H,25,27)/b17-14+. The molecule has 1 aliphatic rings. The summed E-state index contributed by atoms with van der Waals surface area (Å²) in [7, 11) is 1.64. The van der Waals surface area contributed by atoms with Crippen LogP contribution in [0.3, 0.4) is 0 Å². The number of hydrogen-bond acceptors (Lipinski definition) is 4. The lowest BCUT2D eigenvalue weighted by Gasteiger charge is -2.24. The minimum atomic E-state index is -0.305. The molecule has 6 heteroatoms. The first-order valence-electron chi connectivity index (χ1n) is 9.46. The molecule has 2 N–H and O–H groups in total. The van der Waals surface area contributed by atoms with Gasteiger partial charge in [0.15, 0.2) is 0 Å². The molecule has 0 bridgehead atoms. The first kappa shape index (κ1) is 19.9. The molecule has 1 aliphatic heterocycles. The summed E-state index contributed by atoms with van der Waals surface area (Å²) in [5, 5.41) is 5.91. The van der Waals surface area contributed by atoms with Crippen molar-refractivity contribution >= 4 is 28.5 Å². The van der Waals surface area contributed by atoms with Gasteiger partial charge in [0.25, 0.3) is 5.91 Å². The number of ether oxygens (including phenoxy) is 1. The zero-order valence-electron chi connectivity index (χ0n) is 16.5. The van der Waals surface area contributed by atoms with E-state index in [2.05, 4.69) is 17.6 Å². The van der Waals surface area contributed by atoms with Gasteiger partial charge in [-0.05, 0) is 43.2 Å². The van der Waals surface area contributed by atoms with Gasteiger partial charge in [0, 0.05) is 43.3 Å². The molecule has 0 fully saturated rings. The molecule has 148 valence electrons. The van der Waals surface area contributed by atoms with Gasteiger partial charge in [-0.1, -0.05) is 19.1 Å². The number of methoxy groups -OCH3 is 1. The highest BCUT2D eigenvalue weighted by Gasteiger charge is 2.25. The van der Waals surface area contributed by atoms with Crippen molar-refractivity contribution in [3.05, 3.63) is 59.5 Å². The molecule has 1 heterocycles. The van der Waals surface area contributed by atoms with Crippen molar-refractivity contribution in [3.8, 4) is 0 Å². The molecule has 2 aromatic rings. The summed E-state index contributed by atoms with van der Waals surface area (Å²) in [5.74, 6) is -0.469. The monoisotopic (exact) mass is 383 g/mol. The number of halogens is 1. The highest BCUT2D eigenvalue weighted by atomic mass is 19.1. The third-order valence-electron chi connectivity index (χ3n) is 4.77. The Morgan fingerprint density at radius 3 is 2.79 bits per heavy atom. The Morgan fingerprint density at radius 2 is 2.07 bits per heavy atom. The summed E-state index contributed by atoms with van der Waals surface area (Å²) in [6, 6.07) is 10.8. The van der Waals surface area contributed by atoms with Gasteiger partial charge >= 0.3 is 0 Å². The van der Waals surface area contributed by atoms with Crippen molar-refractivity contribution in [1.29, 1.82) is 0 Å². The Balaban J connectivity index is 1.80. The van der Waals surface area contributed by atoms with E-state index in [1.807, 2.05) is 36.1 Å². The molecule has 5 nitrogen and oxygen atoms in total. The first-order chi connectivity index (χ1) is 13.5. The Kier molecular flexibility index (Phi) is 6.31. The van der Waals surface area contributed by atoms with Gasteiger partial charge < -0.3 is 20.3 Å². The summed E-state index contributed by atoms with van der Waals surface area (Å²) in [6.45, 7) is 5.96. The molecule has 0 aromatic heterocycles. The molecule has 0 unspecified atom stereocenters. The summed E-state index contributed by atoms with van der Waals surface area (Å²) >= 11 is 0. The zero-order valence-corrected chi connectivity index (χ0v) is 16.5. The van der Waals surface area contributed by atoms with Crippen LogP contribution in [0.25, 0.3) is 5.57 Å². The molecule has 3 rings (SSSR count). The highest BCUT2D eigenvalue weighted by Crippen LogP contribution is 2.34. The van der Waals surface area contributed by atoms with Gasteiger partial charge in [-0.25, -0.2) is 4.39 Å². The number of hydrogen-bond donors (Lipinski definition) is 2. The average Bonchev–Trinajstić information content (AvgIpc) is 3.00. The van der Waals surface area contributed by atoms with Crippen LogP contribution in [0.1, 0.15) is 24.5 Å². The molecule has 28 heavy (non-hydrogen) atoms. The van der Waals surface area contributed by atoms with Crippen molar-refractivity contribution in [3.63, 3.8) is 0 Å². The van der Waals surface area contributed by atoms with E-state index >= 15 is 0 Å². The number of amides is 1. The molecule has 0 saturated carbocycles. The van der Waals surface area contributed by atoms with Crippen LogP contribution < -0.4 is 15.5 Å². The molecule has 0 saturated heterocycles. The number of carbonyl (C=O) groups is 1. The smallest absolute Gasteiger partial charge is 0.257 e. The lowest BCUT2D eigenvalue weighted by molar-refractivity contribution is -0.110. The highest BCUT2D eigenvalue weighted by molar-refractivity contribution is 6.32. The van der Waals surface area contributed by atoms with Crippen LogP contribution in [0.2, 0.25) is 0 Å². The largest absolute Gasteiger partial charge is 0.383 e. The van der Waals surface area contributed by atoms with Crippen LogP contribution in [-0.2, 0) is 9.53 Å². The second-order valence-corrected chi connectivity index (χ2v) is 6.80. The Hall–Kier alpha value is -2.86. The first-order valence-corrected chi connectivity index (χ1v) is 9.46. The molecular formula is C22H26FN3O2. The fourth-order valence-corrected chi connectivity index (χ4v) is 3.40. The van der Waals surface area contributed by atoms with E-state index in [4.69, 9.17) is 4.74 Å². The Morgan fingerprint density at radius 1 is 1.25 bits per heavy atom. The minimum Gasteiger partial charge on any atom is -0.383 e. The zero-order chi connectivity index (χ0) is 20.1. The molecule has 2 aromatic carbocycles. The van der Waals surface area contributed by atoms with Crippen LogP contribution >= 0.6 is 0 Å². The van der Waals surface area contributed by atoms with Crippen molar-refractivity contribution in [1.82, 2.24) is 0 Å². The number of anilines is 3. The second kappa shape index (κ2) is 8.89. The fraction of sp³-hybridized carbons (Fsp3) is 0.318. The van der Waals surface area contributed by atoms with E-state index in [0.29, 0.717) is 30.1 Å². The van der Waals surface area contributed by atoms with Crippen molar-refractivity contribution in [2.45, 2.75) is 20.3 Å². The normalized spacial score (nSPS) is 14.1. The van der Waals surface area contributed by atoms with Crippen LogP contribution in [0.15, 0.2) is 42.6 Å². The SMILES string of the molecule is CCCN(CCOC)c1ccc(N/C=C2/C(=O)Nc3cccc(C)c32)cc1F. The summed E-state index contributed by atoms with van der Waals surface area (Å²) in [5.41, 5.74) is 4.38. The van der Waals surface area contributed by atoms with Gasteiger partial charge in [-0.3, -0.25) is 4.79 Å².